The molecule has 124 valence electrons. The maximum absolute atomic E-state index is 12.3. The lowest BCUT2D eigenvalue weighted by molar-refractivity contribution is -0.115. The fourth-order valence-corrected chi connectivity index (χ4v) is 3.07. The van der Waals surface area contributed by atoms with E-state index in [0.29, 0.717) is 27.4 Å². The van der Waals surface area contributed by atoms with E-state index in [1.165, 1.54) is 16.3 Å². The van der Waals surface area contributed by atoms with Gasteiger partial charge in [-0.1, -0.05) is 41.9 Å². The molecule has 1 aromatic carbocycles. The number of thioether (sulfide) groups is 1. The van der Waals surface area contributed by atoms with Crippen LogP contribution in [0.3, 0.4) is 0 Å². The first kappa shape index (κ1) is 17.9. The summed E-state index contributed by atoms with van der Waals surface area (Å²) in [4.78, 5) is 24.0. The number of anilines is 1. The lowest BCUT2D eigenvalue weighted by Gasteiger charge is -2.13. The van der Waals surface area contributed by atoms with Gasteiger partial charge in [0.25, 0.3) is 0 Å². The molecular weight excluding hydrogens is 359 g/mol. The van der Waals surface area contributed by atoms with Crippen molar-refractivity contribution in [3.05, 3.63) is 38.7 Å². The van der Waals surface area contributed by atoms with Crippen molar-refractivity contribution in [2.24, 2.45) is 0 Å². The Balaban J connectivity index is 2.08. The highest BCUT2D eigenvalue weighted by atomic mass is 35.5. The summed E-state index contributed by atoms with van der Waals surface area (Å²) in [5.41, 5.74) is 0.171. The molecule has 1 heterocycles. The second-order valence-corrected chi connectivity index (χ2v) is 6.99. The average molecular weight is 375 g/mol. The number of halogens is 2. The Hall–Kier alpha value is -1.44. The molecule has 0 spiro atoms. The van der Waals surface area contributed by atoms with E-state index in [9.17, 15) is 9.59 Å². The molecule has 0 aliphatic rings. The third kappa shape index (κ3) is 4.53. The molecule has 9 heteroatoms. The smallest absolute Gasteiger partial charge is 0.324 e. The Morgan fingerprint density at radius 1 is 1.48 bits per heavy atom. The number of carbonyl (C=O) groups is 1. The predicted molar refractivity (Wildman–Crippen MR) is 93.5 cm³/mol. The standard InChI is InChI=1S/C14H16Cl2N4O2S/c1-3-6-20-13(22)18-19-14(20)23-8(2)12(21)17-11-7-9(15)4-5-10(11)16/h4-5,7-8H,3,6H2,1-2H3,(H,17,21)(H,18,22). The molecular formula is C14H16Cl2N4O2S. The second-order valence-electron chi connectivity index (χ2n) is 4.84. The highest BCUT2D eigenvalue weighted by Gasteiger charge is 2.19. The van der Waals surface area contributed by atoms with Gasteiger partial charge >= 0.3 is 5.69 Å². The lowest BCUT2D eigenvalue weighted by atomic mass is 10.3. The second kappa shape index (κ2) is 7.90. The van der Waals surface area contributed by atoms with Crippen LogP contribution in [0.2, 0.25) is 10.0 Å². The molecule has 0 saturated heterocycles. The molecule has 2 N–H and O–H groups in total. The number of aromatic nitrogens is 3. The van der Waals surface area contributed by atoms with Gasteiger partial charge < -0.3 is 5.32 Å². The lowest BCUT2D eigenvalue weighted by Crippen LogP contribution is -2.24. The molecule has 0 aliphatic heterocycles. The van der Waals surface area contributed by atoms with Gasteiger partial charge in [-0.25, -0.2) is 9.89 Å². The van der Waals surface area contributed by atoms with Crippen molar-refractivity contribution >= 4 is 46.6 Å². The van der Waals surface area contributed by atoms with Crippen LogP contribution in [0.4, 0.5) is 5.69 Å². The quantitative estimate of drug-likeness (QED) is 0.759. The number of nitrogens with zero attached hydrogens (tertiary/aromatic N) is 2. The molecule has 0 bridgehead atoms. The zero-order valence-electron chi connectivity index (χ0n) is 12.6. The predicted octanol–water partition coefficient (Wildman–Crippen LogP) is 3.41. The summed E-state index contributed by atoms with van der Waals surface area (Å²) in [6, 6.07) is 4.84. The van der Waals surface area contributed by atoms with Crippen molar-refractivity contribution in [2.45, 2.75) is 37.2 Å². The Labute approximate surface area is 147 Å². The summed E-state index contributed by atoms with van der Waals surface area (Å²) >= 11 is 13.1. The number of amides is 1. The van der Waals surface area contributed by atoms with Crippen LogP contribution in [0.5, 0.6) is 0 Å². The molecule has 0 fully saturated rings. The zero-order chi connectivity index (χ0) is 17.0. The van der Waals surface area contributed by atoms with Crippen LogP contribution in [0.1, 0.15) is 20.3 Å². The van der Waals surface area contributed by atoms with E-state index < -0.39 is 5.25 Å². The summed E-state index contributed by atoms with van der Waals surface area (Å²) in [5, 5.41) is 9.99. The van der Waals surface area contributed by atoms with Gasteiger partial charge in [-0.3, -0.25) is 9.36 Å². The van der Waals surface area contributed by atoms with E-state index in [2.05, 4.69) is 15.5 Å². The van der Waals surface area contributed by atoms with Crippen LogP contribution < -0.4 is 11.0 Å². The van der Waals surface area contributed by atoms with Gasteiger partial charge in [-0.15, -0.1) is 5.10 Å². The molecule has 0 saturated carbocycles. The normalized spacial score (nSPS) is 12.2. The Morgan fingerprint density at radius 2 is 2.22 bits per heavy atom. The Morgan fingerprint density at radius 3 is 2.91 bits per heavy atom. The van der Waals surface area contributed by atoms with E-state index in [4.69, 9.17) is 23.2 Å². The first-order valence-corrected chi connectivity index (χ1v) is 8.63. The molecule has 1 aromatic heterocycles. The molecule has 2 rings (SSSR count). The maximum Gasteiger partial charge on any atom is 0.343 e. The number of rotatable bonds is 6. The first-order valence-electron chi connectivity index (χ1n) is 7.00. The minimum absolute atomic E-state index is 0.252. The maximum atomic E-state index is 12.3. The van der Waals surface area contributed by atoms with Crippen LogP contribution >= 0.6 is 35.0 Å². The van der Waals surface area contributed by atoms with Crippen molar-refractivity contribution in [3.63, 3.8) is 0 Å². The van der Waals surface area contributed by atoms with E-state index >= 15 is 0 Å². The van der Waals surface area contributed by atoms with Crippen LogP contribution in [0.25, 0.3) is 0 Å². The number of hydrogen-bond acceptors (Lipinski definition) is 4. The third-order valence-electron chi connectivity index (χ3n) is 3.01. The minimum atomic E-state index is -0.462. The number of nitrogens with one attached hydrogen (secondary N) is 2. The van der Waals surface area contributed by atoms with Gasteiger partial charge in [0.05, 0.1) is 16.0 Å². The summed E-state index contributed by atoms with van der Waals surface area (Å²) in [5.74, 6) is -0.252. The fourth-order valence-electron chi connectivity index (χ4n) is 1.85. The zero-order valence-corrected chi connectivity index (χ0v) is 14.9. The SMILES string of the molecule is CCCn1c(SC(C)C(=O)Nc2cc(Cl)ccc2Cl)n[nH]c1=O. The fraction of sp³-hybridized carbons (Fsp3) is 0.357. The molecule has 1 atom stereocenters. The van der Waals surface area contributed by atoms with Crippen molar-refractivity contribution in [2.75, 3.05) is 5.32 Å². The highest BCUT2D eigenvalue weighted by molar-refractivity contribution is 8.00. The molecule has 6 nitrogen and oxygen atoms in total. The van der Waals surface area contributed by atoms with Crippen LogP contribution in [-0.4, -0.2) is 25.9 Å². The summed E-state index contributed by atoms with van der Waals surface area (Å²) in [6.07, 6.45) is 0.797. The minimum Gasteiger partial charge on any atom is -0.324 e. The number of hydrogen-bond donors (Lipinski definition) is 2. The molecule has 0 aliphatic carbocycles. The summed E-state index contributed by atoms with van der Waals surface area (Å²) in [7, 11) is 0. The third-order valence-corrected chi connectivity index (χ3v) is 4.66. The summed E-state index contributed by atoms with van der Waals surface area (Å²) < 4.78 is 1.51. The van der Waals surface area contributed by atoms with Gasteiger partial charge in [0.1, 0.15) is 0 Å². The Kier molecular flexibility index (Phi) is 6.15. The highest BCUT2D eigenvalue weighted by Crippen LogP contribution is 2.27. The van der Waals surface area contributed by atoms with Crippen LogP contribution in [0.15, 0.2) is 28.2 Å². The number of aromatic amines is 1. The van der Waals surface area contributed by atoms with Crippen LogP contribution in [-0.2, 0) is 11.3 Å². The van der Waals surface area contributed by atoms with Gasteiger partial charge in [-0.05, 0) is 31.5 Å². The van der Waals surface area contributed by atoms with Crippen molar-refractivity contribution < 1.29 is 4.79 Å². The first-order chi connectivity index (χ1) is 10.9. The molecule has 1 amide bonds. The molecule has 1 unspecified atom stereocenters. The molecule has 2 aromatic rings. The topological polar surface area (TPSA) is 79.8 Å². The Bertz CT molecular complexity index is 759. The van der Waals surface area contributed by atoms with E-state index in [1.54, 1.807) is 25.1 Å². The molecule has 0 radical (unpaired) electrons. The van der Waals surface area contributed by atoms with E-state index in [0.717, 1.165) is 6.42 Å². The van der Waals surface area contributed by atoms with Gasteiger partial charge in [0, 0.05) is 11.6 Å². The van der Waals surface area contributed by atoms with Crippen LogP contribution in [0, 0.1) is 0 Å². The number of benzene rings is 1. The van der Waals surface area contributed by atoms with Gasteiger partial charge in [0.2, 0.25) is 5.91 Å². The summed E-state index contributed by atoms with van der Waals surface area (Å²) in [6.45, 7) is 4.24. The average Bonchev–Trinajstić information content (AvgIpc) is 2.84. The largest absolute Gasteiger partial charge is 0.343 e. The van der Waals surface area contributed by atoms with Gasteiger partial charge in [0.15, 0.2) is 5.16 Å². The number of carbonyl (C=O) groups excluding carboxylic acids is 1. The van der Waals surface area contributed by atoms with Gasteiger partial charge in [-0.2, -0.15) is 0 Å². The monoisotopic (exact) mass is 374 g/mol. The van der Waals surface area contributed by atoms with Crippen molar-refractivity contribution in [1.82, 2.24) is 14.8 Å². The number of H-pyrrole nitrogens is 1. The molecule has 23 heavy (non-hydrogen) atoms. The van der Waals surface area contributed by atoms with Crippen molar-refractivity contribution in [1.29, 1.82) is 0 Å². The van der Waals surface area contributed by atoms with E-state index in [-0.39, 0.29) is 11.6 Å². The van der Waals surface area contributed by atoms with Crippen molar-refractivity contribution in [3.8, 4) is 0 Å². The van der Waals surface area contributed by atoms with E-state index in [1.807, 2.05) is 6.92 Å².